The molecule has 12 aromatic rings. The lowest BCUT2D eigenvalue weighted by molar-refractivity contribution is -0.400. The first-order valence-corrected chi connectivity index (χ1v) is 50.3. The minimum atomic E-state index is -1.20. The predicted octanol–water partition coefficient (Wildman–Crippen LogP) is 14.0. The summed E-state index contributed by atoms with van der Waals surface area (Å²) in [5.74, 6) is -0.593. The molecule has 6 fully saturated rings. The number of para-hydroxylation sites is 1. The number of rotatable bonds is 22. The number of nitrogens with zero attached hydrogens (tertiary/aromatic N) is 9. The van der Waals surface area contributed by atoms with Crippen molar-refractivity contribution in [1.82, 2.24) is 69.7 Å². The maximum atomic E-state index is 15.1. The fraction of sp³-hybridized carbons (Fsp3) is 0.324. The Morgan fingerprint density at radius 3 is 1.08 bits per heavy atom. The molecular formula is C102H107Br2Cl4N15O10S3. The van der Waals surface area contributed by atoms with E-state index in [2.05, 4.69) is 63.2 Å². The minimum absolute atomic E-state index is 0. The SMILES string of the molecule is CCNC(=O)N1CCN(C(=O)[C@]2(Sc3ccc(C)cc3)CC(=O)N(Cc3ccc(Cl)cc3)[C@H]2c2c[nH]c3ccccc23)CC1.Cc1ccc(S[C@@]2(C(=O)N3CCN(C(=O)C(C)[NH3+])CC3)CC(=O)N(Cc3ccc(Br)cc3)[C@H]2c2c[nH]c3cc(Cl)ccc23)cc1.Cc1ccc(S[C@@]2(C(=O)N3CCN(C(=O)NCCO)CC3)CC(=O)N(Cc3ccc(Br)cc3)[C@H]2c2c[nH]c3cc(Cl)ccc23)cc1.[Cl-]. The van der Waals surface area contributed by atoms with Crippen molar-refractivity contribution in [2.24, 2.45) is 0 Å². The van der Waals surface area contributed by atoms with E-state index in [4.69, 9.17) is 39.9 Å². The van der Waals surface area contributed by atoms with Crippen molar-refractivity contribution >= 4 is 188 Å². The smallest absolute Gasteiger partial charge is 0.317 e. The first-order valence-electron chi connectivity index (χ1n) is 45.2. The van der Waals surface area contributed by atoms with Crippen LogP contribution in [0.2, 0.25) is 15.1 Å². The van der Waals surface area contributed by atoms with Crippen molar-refractivity contribution in [3.05, 3.63) is 299 Å². The number of hydrogen-bond acceptors (Lipinski definition) is 13. The number of aromatic nitrogens is 3. The number of carbonyl (C=O) groups excluding carboxylic acids is 9. The maximum Gasteiger partial charge on any atom is 0.317 e. The number of H-pyrrole nitrogens is 3. The van der Waals surface area contributed by atoms with Gasteiger partial charge in [-0.15, -0.1) is 35.3 Å². The number of thioether (sulfide) groups is 3. The van der Waals surface area contributed by atoms with Crippen LogP contribution in [0, 0.1) is 20.8 Å². The van der Waals surface area contributed by atoms with Gasteiger partial charge in [-0.2, -0.15) is 0 Å². The highest BCUT2D eigenvalue weighted by Gasteiger charge is 2.63. The van der Waals surface area contributed by atoms with E-state index in [1.54, 1.807) is 26.5 Å². The largest absolute Gasteiger partial charge is 1.00 e. The molecule has 0 bridgehead atoms. The summed E-state index contributed by atoms with van der Waals surface area (Å²) in [6.45, 7) is 16.0. The van der Waals surface area contributed by atoms with Gasteiger partial charge >= 0.3 is 12.1 Å². The number of likely N-dealkylation sites (tertiary alicyclic amines) is 3. The fourth-order valence-corrected chi connectivity index (χ4v) is 24.5. The molecule has 25 nitrogen and oxygen atoms in total. The van der Waals surface area contributed by atoms with Crippen LogP contribution in [0.1, 0.15) is 101 Å². The summed E-state index contributed by atoms with van der Waals surface area (Å²) >= 11 is 30.3. The first kappa shape index (κ1) is 100.0. The lowest BCUT2D eigenvalue weighted by Crippen LogP contribution is -3.00. The summed E-state index contributed by atoms with van der Waals surface area (Å²) in [6, 6.07) is 64.4. The molecule has 136 heavy (non-hydrogen) atoms. The highest BCUT2D eigenvalue weighted by atomic mass is 79.9. The van der Waals surface area contributed by atoms with Crippen LogP contribution in [0.15, 0.2) is 248 Å². The van der Waals surface area contributed by atoms with Gasteiger partial charge in [0.2, 0.25) is 35.4 Å². The Kier molecular flexibility index (Phi) is 32.1. The van der Waals surface area contributed by atoms with E-state index >= 15 is 14.4 Å². The van der Waals surface area contributed by atoms with Crippen LogP contribution in [-0.2, 0) is 53.2 Å². The van der Waals surface area contributed by atoms with E-state index in [0.29, 0.717) is 120 Å². The Morgan fingerprint density at radius 2 is 0.735 bits per heavy atom. The Bertz CT molecular complexity index is 6360. The molecule has 0 aliphatic carbocycles. The van der Waals surface area contributed by atoms with Crippen molar-refractivity contribution in [3.63, 3.8) is 0 Å². The van der Waals surface area contributed by atoms with Gasteiger partial charge in [-0.3, -0.25) is 33.6 Å². The number of amides is 11. The molecule has 9 heterocycles. The molecule has 6 aliphatic heterocycles. The summed E-state index contributed by atoms with van der Waals surface area (Å²) in [4.78, 5) is 155. The molecule has 6 saturated heterocycles. The summed E-state index contributed by atoms with van der Waals surface area (Å²) in [5.41, 5.74) is 15.3. The van der Waals surface area contributed by atoms with Gasteiger partial charge in [0.15, 0.2) is 6.04 Å². The van der Waals surface area contributed by atoms with Crippen molar-refractivity contribution in [3.8, 4) is 0 Å². The number of halogens is 6. The van der Waals surface area contributed by atoms with Crippen LogP contribution in [0.3, 0.4) is 0 Å². The topological polar surface area (TPSA) is 302 Å². The van der Waals surface area contributed by atoms with Crippen LogP contribution >= 0.6 is 102 Å². The average molecular weight is 2100 g/mol. The summed E-state index contributed by atoms with van der Waals surface area (Å²) < 4.78 is -1.61. The standard InChI is InChI=1S/C34H35BrClN5O4S.C34H35BrClN5O3S.C34H36ClN5O3S.ClH/c1-22-2-9-26(10-3-22)46-34(32(44)39-13-15-40(16-14-39)33(45)37-12-17-42)19-30(43)41(21-23-4-6-24(35)7-5-23)31(34)28-20-38-29-18-25(36)8-11-27(28)29;1-21-3-10-26(11-4-21)45-34(33(44)40-15-13-39(14-16-40)32(43)22(2)37)18-30(42)41(20-23-5-7-24(35)8-6-23)31(34)28-19-38-29-17-25(36)9-12-27(28)29;1-3-36-33(43)39-18-16-38(17-19-39)32(42)34(44-26-14-8-23(2)9-15-26)20-30(41)40(22-24-10-12-25(35)13-11-24)31(34)28-21-37-29-7-5-4-6-27(28)29;/h2-11,18,20,31,38,42H,12-17,19,21H2,1H3,(H,37,45);3-12,17,19,22,31,38H,13-16,18,20,37H2,1-2H3;4-15,21,31,37H,3,16-20,22H2,1-2H3,(H,36,43);1H/t31-,34-;22?,31-,34-;31-,34-;/m000./s1. The zero-order valence-corrected chi connectivity index (χ0v) is 84.5. The van der Waals surface area contributed by atoms with Crippen molar-refractivity contribution in [2.75, 3.05) is 98.2 Å². The second-order valence-electron chi connectivity index (χ2n) is 35.1. The second-order valence-corrected chi connectivity index (χ2v) is 42.5. The molecule has 0 saturated carbocycles. The van der Waals surface area contributed by atoms with Gasteiger partial charge in [0, 0.05) is 218 Å². The molecule has 1 unspecified atom stereocenters. The van der Waals surface area contributed by atoms with Gasteiger partial charge in [-0.25, -0.2) is 9.59 Å². The van der Waals surface area contributed by atoms with Crippen LogP contribution < -0.4 is 28.8 Å². The van der Waals surface area contributed by atoms with Gasteiger partial charge in [0.1, 0.15) is 14.2 Å². The summed E-state index contributed by atoms with van der Waals surface area (Å²) in [5, 5.41) is 19.3. The highest BCUT2D eigenvalue weighted by molar-refractivity contribution is 9.10. The molecule has 7 atom stereocenters. The maximum absolute atomic E-state index is 15.1. The number of aliphatic hydroxyl groups is 1. The van der Waals surface area contributed by atoms with E-state index in [1.807, 2.05) is 277 Å². The number of benzene rings is 9. The van der Waals surface area contributed by atoms with Crippen LogP contribution in [0.4, 0.5) is 9.59 Å². The number of nitrogens with one attached hydrogen (secondary N) is 5. The molecule has 9 aromatic carbocycles. The van der Waals surface area contributed by atoms with Gasteiger partial charge < -0.3 is 92.9 Å². The Labute approximate surface area is 841 Å². The van der Waals surface area contributed by atoms with E-state index < -0.39 is 32.4 Å². The number of aromatic amines is 3. The van der Waals surface area contributed by atoms with Crippen molar-refractivity contribution < 1.29 is 66.4 Å². The molecule has 710 valence electrons. The third kappa shape index (κ3) is 21.7. The third-order valence-electron chi connectivity index (χ3n) is 25.9. The fourth-order valence-electron chi connectivity index (χ4n) is 19.1. The molecule has 18 rings (SSSR count). The molecular weight excluding hydrogens is 1990 g/mol. The minimum Gasteiger partial charge on any atom is -1.00 e. The van der Waals surface area contributed by atoms with E-state index in [0.717, 1.165) is 106 Å². The number of quaternary nitrogens is 1. The van der Waals surface area contributed by atoms with E-state index in [1.165, 1.54) is 35.3 Å². The molecule has 0 radical (unpaired) electrons. The van der Waals surface area contributed by atoms with Crippen LogP contribution in [0.25, 0.3) is 32.7 Å². The van der Waals surface area contributed by atoms with Gasteiger partial charge in [0.25, 0.3) is 5.91 Å². The molecule has 3 aromatic heterocycles. The third-order valence-corrected chi connectivity index (χ3v) is 31.9. The average Bonchev–Trinajstić information content (AvgIpc) is 1.57. The van der Waals surface area contributed by atoms with Crippen molar-refractivity contribution in [1.29, 1.82) is 0 Å². The molecule has 6 aliphatic rings. The quantitative estimate of drug-likeness (QED) is 0.0332. The Morgan fingerprint density at radius 1 is 0.426 bits per heavy atom. The number of carbonyl (C=O) groups is 9. The molecule has 11 amide bonds. The number of aliphatic hydroxyl groups excluding tert-OH is 1. The number of urea groups is 2. The molecule has 34 heteroatoms. The summed E-state index contributed by atoms with van der Waals surface area (Å²) in [7, 11) is 0. The van der Waals surface area contributed by atoms with Gasteiger partial charge in [-0.05, 0) is 154 Å². The number of aryl methyl sites for hydroxylation is 3. The molecule has 0 spiro atoms. The Hall–Kier alpha value is -10.5. The lowest BCUT2D eigenvalue weighted by atomic mass is 9.90. The van der Waals surface area contributed by atoms with Crippen molar-refractivity contribution in [2.45, 2.75) is 127 Å². The van der Waals surface area contributed by atoms with Gasteiger partial charge in [0.05, 0.1) is 44.0 Å². The molecule has 9 N–H and O–H groups in total. The number of piperazine rings is 3. The predicted molar refractivity (Wildman–Crippen MR) is 539 cm³/mol. The first-order chi connectivity index (χ1) is 65.0. The van der Waals surface area contributed by atoms with Crippen LogP contribution in [0.5, 0.6) is 0 Å². The zero-order valence-electron chi connectivity index (χ0n) is 75.9. The number of fused-ring (bicyclic) bond motifs is 3. The monoisotopic (exact) mass is 2100 g/mol. The van der Waals surface area contributed by atoms with Crippen LogP contribution in [-0.4, -0.2) is 236 Å². The zero-order chi connectivity index (χ0) is 95.1. The van der Waals surface area contributed by atoms with E-state index in [-0.39, 0.29) is 104 Å². The highest BCUT2D eigenvalue weighted by Crippen LogP contribution is 2.59. The van der Waals surface area contributed by atoms with E-state index in [9.17, 15) is 28.8 Å². The lowest BCUT2D eigenvalue weighted by Gasteiger charge is -2.42. The normalized spacial score (nSPS) is 20.3. The van der Waals surface area contributed by atoms with Gasteiger partial charge in [-0.1, -0.05) is 186 Å². The number of hydrogen-bond donors (Lipinski definition) is 7. The summed E-state index contributed by atoms with van der Waals surface area (Å²) in [6.07, 6.45) is 5.89. The second kappa shape index (κ2) is 43.7. The Balaban J connectivity index is 0.000000155.